The summed E-state index contributed by atoms with van der Waals surface area (Å²) < 4.78 is 40.1. The molecule has 1 aliphatic rings. The van der Waals surface area contributed by atoms with Crippen LogP contribution in [0.2, 0.25) is 0 Å². The minimum absolute atomic E-state index is 0.0826. The number of alkyl halides is 3. The van der Waals surface area contributed by atoms with Crippen molar-refractivity contribution < 1.29 is 27.8 Å². The van der Waals surface area contributed by atoms with E-state index in [1.807, 2.05) is 0 Å². The van der Waals surface area contributed by atoms with E-state index < -0.39 is 18.8 Å². The maximum absolute atomic E-state index is 11.8. The summed E-state index contributed by atoms with van der Waals surface area (Å²) in [4.78, 5) is 12.5. The van der Waals surface area contributed by atoms with Crippen LogP contribution in [0, 0.1) is 5.92 Å². The van der Waals surface area contributed by atoms with Gasteiger partial charge in [0, 0.05) is 13.0 Å². The number of ether oxygens (including phenoxy) is 1. The third-order valence-electron chi connectivity index (χ3n) is 3.29. The number of nitrogens with zero attached hydrogens (tertiary/aromatic N) is 1. The van der Waals surface area contributed by atoms with E-state index in [0.29, 0.717) is 18.9 Å². The molecule has 0 aromatic heterocycles. The molecule has 0 aliphatic carbocycles. The zero-order valence-electron chi connectivity index (χ0n) is 10.8. The van der Waals surface area contributed by atoms with Crippen molar-refractivity contribution >= 4 is 5.97 Å². The third-order valence-corrected chi connectivity index (χ3v) is 3.29. The quantitative estimate of drug-likeness (QED) is 0.727. The molecule has 1 aliphatic heterocycles. The Morgan fingerprint density at radius 1 is 1.32 bits per heavy atom. The van der Waals surface area contributed by atoms with Crippen molar-refractivity contribution in [1.29, 1.82) is 0 Å². The molecule has 19 heavy (non-hydrogen) atoms. The monoisotopic (exact) mass is 283 g/mol. The predicted octanol–water partition coefficient (Wildman–Crippen LogP) is 2.14. The fourth-order valence-corrected chi connectivity index (χ4v) is 2.21. The van der Waals surface area contributed by atoms with Gasteiger partial charge in [-0.25, -0.2) is 0 Å². The smallest absolute Gasteiger partial charge is 0.411 e. The van der Waals surface area contributed by atoms with Crippen molar-refractivity contribution in [3.63, 3.8) is 0 Å². The van der Waals surface area contributed by atoms with Gasteiger partial charge in [0.05, 0.1) is 6.61 Å². The lowest BCUT2D eigenvalue weighted by Gasteiger charge is -2.31. The van der Waals surface area contributed by atoms with Gasteiger partial charge in [-0.05, 0) is 38.3 Å². The average molecular weight is 283 g/mol. The molecule has 0 atom stereocenters. The van der Waals surface area contributed by atoms with Gasteiger partial charge in [0.1, 0.15) is 6.61 Å². The molecule has 1 rings (SSSR count). The van der Waals surface area contributed by atoms with Gasteiger partial charge < -0.3 is 14.7 Å². The van der Waals surface area contributed by atoms with E-state index >= 15 is 0 Å². The fourth-order valence-electron chi connectivity index (χ4n) is 2.21. The lowest BCUT2D eigenvalue weighted by molar-refractivity contribution is -0.174. The minimum Gasteiger partial charge on any atom is -0.481 e. The zero-order chi connectivity index (χ0) is 14.3. The largest absolute Gasteiger partial charge is 0.481 e. The summed E-state index contributed by atoms with van der Waals surface area (Å²) >= 11 is 0. The van der Waals surface area contributed by atoms with Crippen LogP contribution < -0.4 is 0 Å². The Labute approximate surface area is 110 Å². The highest BCUT2D eigenvalue weighted by atomic mass is 19.4. The number of carbonyl (C=O) groups is 1. The van der Waals surface area contributed by atoms with Crippen LogP contribution in [0.5, 0.6) is 0 Å². The minimum atomic E-state index is -4.26. The second-order valence-electron chi connectivity index (χ2n) is 4.89. The van der Waals surface area contributed by atoms with Crippen molar-refractivity contribution in [1.82, 2.24) is 4.90 Å². The van der Waals surface area contributed by atoms with Crippen LogP contribution in [0.15, 0.2) is 0 Å². The van der Waals surface area contributed by atoms with Gasteiger partial charge in [-0.1, -0.05) is 0 Å². The van der Waals surface area contributed by atoms with Gasteiger partial charge >= 0.3 is 12.1 Å². The number of carboxylic acid groups (broad SMARTS) is 1. The molecule has 0 unspecified atom stereocenters. The van der Waals surface area contributed by atoms with E-state index in [2.05, 4.69) is 9.64 Å². The molecule has 0 radical (unpaired) electrons. The lowest BCUT2D eigenvalue weighted by Crippen LogP contribution is -2.36. The molecule has 1 saturated heterocycles. The van der Waals surface area contributed by atoms with E-state index in [1.165, 1.54) is 0 Å². The number of rotatable bonds is 7. The molecule has 7 heteroatoms. The second-order valence-corrected chi connectivity index (χ2v) is 4.89. The number of halogens is 3. The van der Waals surface area contributed by atoms with E-state index in [0.717, 1.165) is 25.9 Å². The molecule has 0 aromatic carbocycles. The molecule has 0 bridgehead atoms. The Bertz CT molecular complexity index is 276. The highest BCUT2D eigenvalue weighted by molar-refractivity contribution is 5.66. The van der Waals surface area contributed by atoms with Crippen LogP contribution in [0.3, 0.4) is 0 Å². The van der Waals surface area contributed by atoms with Crippen molar-refractivity contribution in [2.45, 2.75) is 31.9 Å². The Morgan fingerprint density at radius 2 is 1.95 bits per heavy atom. The van der Waals surface area contributed by atoms with Gasteiger partial charge in [0.25, 0.3) is 0 Å². The van der Waals surface area contributed by atoms with Crippen LogP contribution in [0.4, 0.5) is 13.2 Å². The second kappa shape index (κ2) is 7.69. The first-order valence-electron chi connectivity index (χ1n) is 6.45. The van der Waals surface area contributed by atoms with Crippen LogP contribution in [-0.2, 0) is 9.53 Å². The van der Waals surface area contributed by atoms with Crippen LogP contribution >= 0.6 is 0 Å². The molecule has 0 amide bonds. The average Bonchev–Trinajstić information content (AvgIpc) is 2.32. The van der Waals surface area contributed by atoms with E-state index in [1.54, 1.807) is 0 Å². The number of carboxylic acids is 1. The van der Waals surface area contributed by atoms with E-state index in [-0.39, 0.29) is 13.0 Å². The molecule has 4 nitrogen and oxygen atoms in total. The topological polar surface area (TPSA) is 49.8 Å². The molecular formula is C12H20F3NO3. The van der Waals surface area contributed by atoms with Gasteiger partial charge in [-0.2, -0.15) is 13.2 Å². The van der Waals surface area contributed by atoms with Gasteiger partial charge in [0.15, 0.2) is 0 Å². The SMILES string of the molecule is O=C(O)CCC1CCN(CCOCC(F)(F)F)CC1. The van der Waals surface area contributed by atoms with Gasteiger partial charge in [-0.3, -0.25) is 4.79 Å². The molecule has 1 heterocycles. The lowest BCUT2D eigenvalue weighted by atomic mass is 9.92. The highest BCUT2D eigenvalue weighted by Gasteiger charge is 2.27. The molecule has 0 spiro atoms. The molecule has 0 aromatic rings. The summed E-state index contributed by atoms with van der Waals surface area (Å²) in [5.41, 5.74) is 0. The number of piperidine rings is 1. The van der Waals surface area contributed by atoms with Crippen LogP contribution in [0.25, 0.3) is 0 Å². The number of hydrogen-bond acceptors (Lipinski definition) is 3. The van der Waals surface area contributed by atoms with Crippen molar-refractivity contribution in [3.8, 4) is 0 Å². The summed E-state index contributed by atoms with van der Waals surface area (Å²) in [6.45, 7) is 1.00. The summed E-state index contributed by atoms with van der Waals surface area (Å²) in [7, 11) is 0. The van der Waals surface area contributed by atoms with Crippen LogP contribution in [-0.4, -0.2) is 55.0 Å². The highest BCUT2D eigenvalue weighted by Crippen LogP contribution is 2.21. The molecule has 0 saturated carbocycles. The number of aliphatic carboxylic acids is 1. The molecule has 1 fully saturated rings. The van der Waals surface area contributed by atoms with Gasteiger partial charge in [0.2, 0.25) is 0 Å². The number of hydrogen-bond donors (Lipinski definition) is 1. The third kappa shape index (κ3) is 8.05. The zero-order valence-corrected chi connectivity index (χ0v) is 10.8. The summed E-state index contributed by atoms with van der Waals surface area (Å²) in [6, 6.07) is 0. The first kappa shape index (κ1) is 16.2. The van der Waals surface area contributed by atoms with Gasteiger partial charge in [-0.15, -0.1) is 0 Å². The maximum atomic E-state index is 11.8. The van der Waals surface area contributed by atoms with Crippen molar-refractivity contribution in [3.05, 3.63) is 0 Å². The predicted molar refractivity (Wildman–Crippen MR) is 62.9 cm³/mol. The van der Waals surface area contributed by atoms with E-state index in [4.69, 9.17) is 5.11 Å². The Hall–Kier alpha value is -0.820. The normalized spacial score (nSPS) is 18.7. The van der Waals surface area contributed by atoms with E-state index in [9.17, 15) is 18.0 Å². The Kier molecular flexibility index (Phi) is 6.57. The summed E-state index contributed by atoms with van der Waals surface area (Å²) in [5, 5.41) is 8.59. The first-order chi connectivity index (χ1) is 8.87. The first-order valence-corrected chi connectivity index (χ1v) is 6.45. The summed E-state index contributed by atoms with van der Waals surface area (Å²) in [6.07, 6.45) is -1.56. The standard InChI is InChI=1S/C12H20F3NO3/c13-12(14,15)9-19-8-7-16-5-3-10(4-6-16)1-2-11(17)18/h10H,1-9H2,(H,17,18). The number of likely N-dealkylation sites (tertiary alicyclic amines) is 1. The molecule has 112 valence electrons. The fraction of sp³-hybridized carbons (Fsp3) is 0.917. The van der Waals surface area contributed by atoms with Crippen molar-refractivity contribution in [2.24, 2.45) is 5.92 Å². The van der Waals surface area contributed by atoms with Crippen molar-refractivity contribution in [2.75, 3.05) is 32.8 Å². The van der Waals surface area contributed by atoms with Crippen LogP contribution in [0.1, 0.15) is 25.7 Å². The Balaban J connectivity index is 2.05. The summed E-state index contributed by atoms with van der Waals surface area (Å²) in [5.74, 6) is -0.355. The Morgan fingerprint density at radius 3 is 2.47 bits per heavy atom. The molecular weight excluding hydrogens is 263 g/mol. The molecule has 1 N–H and O–H groups in total. The maximum Gasteiger partial charge on any atom is 0.411 e.